The van der Waals surface area contributed by atoms with Crippen LogP contribution in [0.4, 0.5) is 13.2 Å². The number of hydrogen-bond acceptors (Lipinski definition) is 28. The maximum Gasteiger partial charge on any atom is 0.417 e. The van der Waals surface area contributed by atoms with E-state index in [1.54, 1.807) is 110 Å². The fourth-order valence-electron chi connectivity index (χ4n) is 13.1. The lowest BCUT2D eigenvalue weighted by Gasteiger charge is -2.19. The van der Waals surface area contributed by atoms with Crippen LogP contribution in [0.3, 0.4) is 0 Å². The van der Waals surface area contributed by atoms with Gasteiger partial charge in [-0.15, -0.1) is 0 Å². The van der Waals surface area contributed by atoms with Gasteiger partial charge in [-0.2, -0.15) is 13.2 Å². The summed E-state index contributed by atoms with van der Waals surface area (Å²) in [4.78, 5) is 123. The topological polar surface area (TPSA) is 392 Å². The standard InChI is InChI=1S/C19H15F3O5.3C19H18O6.C18H16O5/c20-19(21,22)13-4-2-1-3-11(13)14(23)5-6-15(24)12-9-17-18(10-16(12)25)27-8-7-26-17;1-23-14-4-2-12(3-5-14)15(20)6-7-16(21)13-10-17(22)19-18(11-13)24-8-9-25-19;1-23-14-4-2-3-12(9-14)15(20)5-6-16(21)13-10-17(22)19-18(11-13)24-7-8-25-19;1-23-17-5-3-2-4-13(17)15(21)7-6-14(20)12-10-16(22)19-18(11-12)24-8-9-25-19;19-14(12-4-2-1-3-5-12)6-7-15(20)13-10-16(21)18-17(11-13)22-8-9-23-18/h1-4,9-10,25H,5-8H2;2-5,10-11,22H,6-9H2,1H3;2-4,9-11,22H,5-8H2,1H3;2-5,10-11,22H,6-9H2,1H3;1-5,10-11,21H,6-9H2. The minimum absolute atomic E-state index is 0.0238. The summed E-state index contributed by atoms with van der Waals surface area (Å²) in [6.07, 6.45) is -4.92. The third-order valence-electron chi connectivity index (χ3n) is 19.5. The number of rotatable bonds is 28. The number of methoxy groups -OCH3 is 3. The third kappa shape index (κ3) is 24.3. The van der Waals surface area contributed by atoms with E-state index in [4.69, 9.17) is 61.6 Å². The molecule has 0 saturated heterocycles. The number of phenols is 5. The number of ether oxygens (including phenoxy) is 13. The molecule has 5 aliphatic rings. The second-order valence-corrected chi connectivity index (χ2v) is 27.9. The summed E-state index contributed by atoms with van der Waals surface area (Å²) >= 11 is 0. The third-order valence-corrected chi connectivity index (χ3v) is 19.5. The van der Waals surface area contributed by atoms with Gasteiger partial charge in [0.25, 0.3) is 0 Å². The number of carbonyl (C=O) groups excluding carboxylic acids is 10. The number of halogens is 3. The average Bonchev–Trinajstić information content (AvgIpc) is 0.862. The molecule has 5 aliphatic heterocycles. The Labute approximate surface area is 713 Å². The molecule has 650 valence electrons. The lowest BCUT2D eigenvalue weighted by atomic mass is 9.97. The van der Waals surface area contributed by atoms with Crippen molar-refractivity contribution in [2.24, 2.45) is 0 Å². The van der Waals surface area contributed by atoms with Crippen molar-refractivity contribution in [3.05, 3.63) is 249 Å². The number of aromatic hydroxyl groups is 5. The fraction of sp³-hybridized carbons (Fsp3) is 0.255. The van der Waals surface area contributed by atoms with Crippen LogP contribution in [0.1, 0.15) is 173 Å². The van der Waals surface area contributed by atoms with Crippen LogP contribution in [0.15, 0.2) is 188 Å². The van der Waals surface area contributed by atoms with Gasteiger partial charge in [-0.3, -0.25) is 47.9 Å². The fourth-order valence-corrected chi connectivity index (χ4v) is 13.1. The van der Waals surface area contributed by atoms with Gasteiger partial charge in [-0.05, 0) is 109 Å². The number of alkyl halides is 3. The van der Waals surface area contributed by atoms with Crippen molar-refractivity contribution >= 4 is 57.8 Å². The minimum Gasteiger partial charge on any atom is -0.507 e. The molecule has 10 aromatic rings. The highest BCUT2D eigenvalue weighted by atomic mass is 19.4. The number of ketones is 10. The Morgan fingerprint density at radius 1 is 0.264 bits per heavy atom. The first-order chi connectivity index (χ1) is 60.2. The molecule has 5 heterocycles. The average molecular weight is 1720 g/mol. The lowest BCUT2D eigenvalue weighted by molar-refractivity contribution is -0.137. The molecule has 0 atom stereocenters. The first kappa shape index (κ1) is 90.8. The number of carbonyl (C=O) groups is 10. The molecule has 0 aliphatic carbocycles. The molecule has 0 saturated carbocycles. The van der Waals surface area contributed by atoms with Crippen molar-refractivity contribution in [2.45, 2.75) is 70.4 Å². The lowest BCUT2D eigenvalue weighted by Crippen LogP contribution is -2.16. The van der Waals surface area contributed by atoms with Gasteiger partial charge in [0, 0.05) is 115 Å². The highest BCUT2D eigenvalue weighted by Gasteiger charge is 2.35. The van der Waals surface area contributed by atoms with E-state index in [0.717, 1.165) is 12.1 Å². The largest absolute Gasteiger partial charge is 0.507 e. The van der Waals surface area contributed by atoms with Crippen LogP contribution >= 0.6 is 0 Å². The van der Waals surface area contributed by atoms with Crippen molar-refractivity contribution < 1.29 is 148 Å². The molecular weight excluding hydrogens is 1630 g/mol. The zero-order valence-electron chi connectivity index (χ0n) is 67.8. The molecule has 10 aromatic carbocycles. The van der Waals surface area contributed by atoms with Crippen LogP contribution in [0.5, 0.6) is 103 Å². The van der Waals surface area contributed by atoms with Crippen LogP contribution in [-0.4, -0.2) is 171 Å². The van der Waals surface area contributed by atoms with E-state index in [1.165, 1.54) is 80.9 Å². The molecule has 5 N–H and O–H groups in total. The van der Waals surface area contributed by atoms with Gasteiger partial charge in [-0.1, -0.05) is 72.8 Å². The Morgan fingerprint density at radius 2 is 0.576 bits per heavy atom. The van der Waals surface area contributed by atoms with Crippen molar-refractivity contribution in [3.63, 3.8) is 0 Å². The number of hydrogen-bond donors (Lipinski definition) is 5. The van der Waals surface area contributed by atoms with Crippen LogP contribution in [-0.2, 0) is 6.18 Å². The molecule has 28 nitrogen and oxygen atoms in total. The number of fused-ring (bicyclic) bond motifs is 5. The van der Waals surface area contributed by atoms with E-state index < -0.39 is 35.3 Å². The van der Waals surface area contributed by atoms with Gasteiger partial charge in [-0.25, -0.2) is 0 Å². The number of Topliss-reactive ketones (excluding diaryl/α,β-unsaturated/α-hetero) is 10. The Hall–Kier alpha value is -14.9. The predicted molar refractivity (Wildman–Crippen MR) is 442 cm³/mol. The van der Waals surface area contributed by atoms with E-state index in [1.807, 2.05) is 6.07 Å². The van der Waals surface area contributed by atoms with Gasteiger partial charge < -0.3 is 87.1 Å². The van der Waals surface area contributed by atoms with Crippen molar-refractivity contribution in [1.29, 1.82) is 0 Å². The number of phenolic OH excluding ortho intramolecular Hbond substituents is 5. The Balaban J connectivity index is 0.000000152. The Bertz CT molecular complexity index is 5640. The molecule has 0 radical (unpaired) electrons. The van der Waals surface area contributed by atoms with Gasteiger partial charge >= 0.3 is 6.18 Å². The molecule has 0 bridgehead atoms. The van der Waals surface area contributed by atoms with Crippen molar-refractivity contribution in [3.8, 4) is 103 Å². The molecule has 0 spiro atoms. The minimum atomic E-state index is -4.66. The Kier molecular flexibility index (Phi) is 31.3. The quantitative estimate of drug-likeness (QED) is 0.0284. The molecule has 0 amide bonds. The summed E-state index contributed by atoms with van der Waals surface area (Å²) in [5.74, 6) is 0.945. The maximum atomic E-state index is 13.0. The van der Waals surface area contributed by atoms with Crippen LogP contribution in [0.25, 0.3) is 0 Å². The molecule has 0 aromatic heterocycles. The molecular formula is C94H85F3O28. The molecule has 0 fully saturated rings. The summed E-state index contributed by atoms with van der Waals surface area (Å²) < 4.78 is 108. The normalized spacial score (nSPS) is 12.7. The first-order valence-corrected chi connectivity index (χ1v) is 39.3. The van der Waals surface area contributed by atoms with Crippen molar-refractivity contribution in [1.82, 2.24) is 0 Å². The Morgan fingerprint density at radius 3 is 0.976 bits per heavy atom. The maximum absolute atomic E-state index is 13.0. The van der Waals surface area contributed by atoms with Gasteiger partial charge in [0.1, 0.15) is 89.1 Å². The zero-order valence-corrected chi connectivity index (χ0v) is 67.8. The van der Waals surface area contributed by atoms with Crippen LogP contribution in [0, 0.1) is 0 Å². The predicted octanol–water partition coefficient (Wildman–Crippen LogP) is 16.1. The van der Waals surface area contributed by atoms with E-state index in [-0.39, 0.29) is 179 Å². The first-order valence-electron chi connectivity index (χ1n) is 39.3. The van der Waals surface area contributed by atoms with Crippen LogP contribution in [0.2, 0.25) is 0 Å². The summed E-state index contributed by atoms with van der Waals surface area (Å²) in [5.41, 5.74) is 1.65. The second kappa shape index (κ2) is 43.0. The van der Waals surface area contributed by atoms with E-state index in [0.29, 0.717) is 144 Å². The number of benzene rings is 10. The molecule has 31 heteroatoms. The highest BCUT2D eigenvalue weighted by molar-refractivity contribution is 6.07. The van der Waals surface area contributed by atoms with Crippen LogP contribution < -0.4 is 61.6 Å². The monoisotopic (exact) mass is 1720 g/mol. The summed E-state index contributed by atoms with van der Waals surface area (Å²) in [7, 11) is 4.58. The molecule has 125 heavy (non-hydrogen) atoms. The van der Waals surface area contributed by atoms with Gasteiger partial charge in [0.15, 0.2) is 115 Å². The van der Waals surface area contributed by atoms with Crippen molar-refractivity contribution in [2.75, 3.05) is 87.4 Å². The summed E-state index contributed by atoms with van der Waals surface area (Å²) in [5, 5.41) is 49.8. The highest BCUT2D eigenvalue weighted by Crippen LogP contribution is 2.45. The van der Waals surface area contributed by atoms with E-state index in [9.17, 15) is 86.6 Å². The van der Waals surface area contributed by atoms with E-state index in [2.05, 4.69) is 0 Å². The van der Waals surface area contributed by atoms with Gasteiger partial charge in [0.2, 0.25) is 23.0 Å². The summed E-state index contributed by atoms with van der Waals surface area (Å²) in [6.45, 7) is 3.46. The second-order valence-electron chi connectivity index (χ2n) is 27.9. The molecule has 15 rings (SSSR count). The SMILES string of the molecule is COc1ccc(C(=O)CCC(=O)c2cc(O)c3c(c2)OCCO3)cc1.COc1cccc(C(=O)CCC(=O)c2cc(O)c3c(c2)OCCO3)c1.COc1ccccc1C(=O)CCC(=O)c1cc(O)c2c(c1)OCCO2.O=C(CCC(=O)c1cc(O)c2c(c1)OCCO2)c1ccccc1.O=C(CCC(=O)c1ccccc1C(F)(F)F)c1cc2c(cc1O)OCCO2. The van der Waals surface area contributed by atoms with E-state index >= 15 is 0 Å². The molecule has 0 unspecified atom stereocenters. The smallest absolute Gasteiger partial charge is 0.417 e. The number of para-hydroxylation sites is 1. The van der Waals surface area contributed by atoms with Gasteiger partial charge in [0.05, 0.1) is 38.0 Å². The zero-order chi connectivity index (χ0) is 89.3. The summed E-state index contributed by atoms with van der Waals surface area (Å²) in [6, 6.07) is 47.8.